The Morgan fingerprint density at radius 3 is 1.97 bits per heavy atom. The van der Waals surface area contributed by atoms with Gasteiger partial charge in [-0.05, 0) is 125 Å². The van der Waals surface area contributed by atoms with Crippen LogP contribution < -0.4 is 0 Å². The quantitative estimate of drug-likeness (QED) is 0.365. The van der Waals surface area contributed by atoms with Crippen LogP contribution in [-0.2, 0) is 0 Å². The predicted octanol–water partition coefficient (Wildman–Crippen LogP) is 10.9. The predicted molar refractivity (Wildman–Crippen MR) is 154 cm³/mol. The largest absolute Gasteiger partial charge is 0.0651 e. The van der Waals surface area contributed by atoms with Crippen molar-refractivity contribution >= 4 is 0 Å². The fourth-order valence-electron chi connectivity index (χ4n) is 12.8. The molecule has 0 amide bonds. The zero-order valence-corrected chi connectivity index (χ0v) is 26.4. The maximum absolute atomic E-state index is 2.86. The van der Waals surface area contributed by atoms with Gasteiger partial charge in [0.15, 0.2) is 0 Å². The third kappa shape index (κ3) is 3.55. The van der Waals surface area contributed by atoms with Gasteiger partial charge in [-0.25, -0.2) is 0 Å². The van der Waals surface area contributed by atoms with Gasteiger partial charge in [-0.3, -0.25) is 0 Å². The van der Waals surface area contributed by atoms with Crippen molar-refractivity contribution in [2.24, 2.45) is 80.3 Å². The van der Waals surface area contributed by atoms with Crippen LogP contribution in [0.4, 0.5) is 0 Å². The second-order valence-electron chi connectivity index (χ2n) is 16.9. The first-order valence-electron chi connectivity index (χ1n) is 16.0. The monoisotopic (exact) mass is 485 g/mol. The highest BCUT2D eigenvalue weighted by Gasteiger charge is 2.71. The molecule has 0 N–H and O–H groups in total. The molecule has 0 aromatic carbocycles. The van der Waals surface area contributed by atoms with E-state index in [9.17, 15) is 0 Å². The minimum Gasteiger partial charge on any atom is -0.0651 e. The highest BCUT2D eigenvalue weighted by molar-refractivity contribution is 5.19. The van der Waals surface area contributed by atoms with Gasteiger partial charge >= 0.3 is 0 Å². The fraction of sp³-hybridized carbons (Fsp3) is 1.00. The van der Waals surface area contributed by atoms with Crippen molar-refractivity contribution in [3.63, 3.8) is 0 Å². The van der Waals surface area contributed by atoms with Crippen LogP contribution in [0.1, 0.15) is 141 Å². The Hall–Kier alpha value is 0. The summed E-state index contributed by atoms with van der Waals surface area (Å²) in [5.74, 6) is 7.42. The maximum atomic E-state index is 2.86. The Kier molecular flexibility index (Phi) is 7.02. The molecular formula is C35H64. The van der Waals surface area contributed by atoms with Crippen LogP contribution >= 0.6 is 0 Å². The van der Waals surface area contributed by atoms with Crippen molar-refractivity contribution in [3.05, 3.63) is 0 Å². The lowest BCUT2D eigenvalue weighted by Gasteiger charge is -2.71. The Morgan fingerprint density at radius 2 is 1.40 bits per heavy atom. The lowest BCUT2D eigenvalue weighted by Crippen LogP contribution is -2.65. The summed E-state index contributed by atoms with van der Waals surface area (Å²) in [6, 6.07) is 0. The van der Waals surface area contributed by atoms with Crippen molar-refractivity contribution < 1.29 is 0 Å². The smallest absolute Gasteiger partial charge is 0.0159 e. The van der Waals surface area contributed by atoms with Crippen LogP contribution in [0.3, 0.4) is 0 Å². The van der Waals surface area contributed by atoms with Gasteiger partial charge in [0.2, 0.25) is 0 Å². The van der Waals surface area contributed by atoms with Gasteiger partial charge < -0.3 is 0 Å². The van der Waals surface area contributed by atoms with E-state index in [1.165, 1.54) is 51.4 Å². The van der Waals surface area contributed by atoms with E-state index in [-0.39, 0.29) is 0 Å². The molecule has 0 heteroatoms. The van der Waals surface area contributed by atoms with Crippen molar-refractivity contribution in [1.29, 1.82) is 0 Å². The van der Waals surface area contributed by atoms with Crippen molar-refractivity contribution in [2.45, 2.75) is 141 Å². The van der Waals surface area contributed by atoms with E-state index in [4.69, 9.17) is 0 Å². The van der Waals surface area contributed by atoms with Crippen LogP contribution in [0, 0.1) is 80.3 Å². The second-order valence-corrected chi connectivity index (χ2v) is 16.9. The molecule has 5 saturated carbocycles. The lowest BCUT2D eigenvalue weighted by molar-refractivity contribution is -0.233. The van der Waals surface area contributed by atoms with Gasteiger partial charge in [0.1, 0.15) is 0 Å². The van der Waals surface area contributed by atoms with Gasteiger partial charge in [-0.2, -0.15) is 0 Å². The van der Waals surface area contributed by atoms with Gasteiger partial charge in [0.05, 0.1) is 0 Å². The third-order valence-electron chi connectivity index (χ3n) is 15.6. The first kappa shape index (κ1) is 28.0. The average Bonchev–Trinajstić information content (AvgIpc) is 2.83. The normalized spacial score (nSPS) is 56.4. The summed E-state index contributed by atoms with van der Waals surface area (Å²) in [4.78, 5) is 0. The summed E-state index contributed by atoms with van der Waals surface area (Å²) in [5.41, 5.74) is 1.90. The molecule has 0 aromatic heterocycles. The van der Waals surface area contributed by atoms with E-state index in [2.05, 4.69) is 90.0 Å². The van der Waals surface area contributed by atoms with E-state index < -0.39 is 0 Å². The molecule has 0 aliphatic heterocycles. The van der Waals surface area contributed by atoms with Crippen LogP contribution in [0.15, 0.2) is 0 Å². The Bertz CT molecular complexity index is 777. The van der Waals surface area contributed by atoms with Crippen molar-refractivity contribution in [1.82, 2.24) is 0 Å². The summed E-state index contributed by atoms with van der Waals surface area (Å²) in [6.45, 7) is 35.2. The van der Waals surface area contributed by atoms with E-state index in [0.717, 1.165) is 53.3 Å². The van der Waals surface area contributed by atoms with Gasteiger partial charge in [-0.1, -0.05) is 96.4 Å². The maximum Gasteiger partial charge on any atom is -0.0159 e. The van der Waals surface area contributed by atoms with Crippen LogP contribution in [0.25, 0.3) is 0 Å². The zero-order chi connectivity index (χ0) is 26.4. The molecule has 0 radical (unpaired) electrons. The topological polar surface area (TPSA) is 0 Å². The molecule has 35 heavy (non-hydrogen) atoms. The summed E-state index contributed by atoms with van der Waals surface area (Å²) < 4.78 is 0. The van der Waals surface area contributed by atoms with E-state index >= 15 is 0 Å². The molecule has 12 unspecified atom stereocenters. The number of hydrogen-bond acceptors (Lipinski definition) is 0. The standard InChI is InChI=1S/C35H64/c1-14-28-21-35-16-15-31(9,10)34(13,33(12,27(28)8)24(5)20-35)32(11)19-23(4)17-29(35)18-30(22(2)3)25(6)26(32)7/h22-30H,14-21H2,1-13H3. The summed E-state index contributed by atoms with van der Waals surface area (Å²) in [6.07, 6.45) is 11.7. The summed E-state index contributed by atoms with van der Waals surface area (Å²) in [7, 11) is 0. The fourth-order valence-corrected chi connectivity index (χ4v) is 12.8. The molecule has 0 nitrogen and oxygen atoms in total. The van der Waals surface area contributed by atoms with Gasteiger partial charge in [-0.15, -0.1) is 0 Å². The lowest BCUT2D eigenvalue weighted by atomic mass is 9.33. The molecule has 0 aromatic rings. The van der Waals surface area contributed by atoms with Gasteiger partial charge in [0, 0.05) is 0 Å². The number of rotatable bonds is 2. The van der Waals surface area contributed by atoms with Crippen molar-refractivity contribution in [3.8, 4) is 0 Å². The molecule has 5 aliphatic rings. The second kappa shape index (κ2) is 8.76. The first-order valence-corrected chi connectivity index (χ1v) is 16.0. The minimum absolute atomic E-state index is 0.302. The molecule has 204 valence electrons. The van der Waals surface area contributed by atoms with E-state index in [1.807, 2.05) is 0 Å². The highest BCUT2D eigenvalue weighted by atomic mass is 14.8. The minimum atomic E-state index is 0.302. The number of hydrogen-bond donors (Lipinski definition) is 0. The molecule has 5 rings (SSSR count). The average molecular weight is 485 g/mol. The van der Waals surface area contributed by atoms with Crippen LogP contribution in [0.2, 0.25) is 0 Å². The molecule has 5 bridgehead atoms. The number of fused-ring (bicyclic) bond motifs is 2. The van der Waals surface area contributed by atoms with E-state index in [1.54, 1.807) is 0 Å². The molecule has 5 aliphatic carbocycles. The molecule has 1 spiro atoms. The SMILES string of the molecule is CCC1CC23CCC(C)(C)C(C)(C4(C)CC(C)CC2CC(C(C)C)C(C)C4C)C(C)(C(C)C3)C1C. The van der Waals surface area contributed by atoms with Gasteiger partial charge in [0.25, 0.3) is 0 Å². The molecule has 0 heterocycles. The highest BCUT2D eigenvalue weighted by Crippen LogP contribution is 2.78. The summed E-state index contributed by atoms with van der Waals surface area (Å²) in [5, 5.41) is 0. The zero-order valence-electron chi connectivity index (χ0n) is 26.4. The molecular weight excluding hydrogens is 420 g/mol. The van der Waals surface area contributed by atoms with E-state index in [0.29, 0.717) is 27.1 Å². The Morgan fingerprint density at radius 1 is 0.771 bits per heavy atom. The molecule has 0 saturated heterocycles. The Balaban J connectivity index is 2.17. The summed E-state index contributed by atoms with van der Waals surface area (Å²) >= 11 is 0. The van der Waals surface area contributed by atoms with Crippen LogP contribution in [0.5, 0.6) is 0 Å². The third-order valence-corrected chi connectivity index (χ3v) is 15.6. The first-order chi connectivity index (χ1) is 16.0. The van der Waals surface area contributed by atoms with Crippen LogP contribution in [-0.4, -0.2) is 0 Å². The Labute approximate surface area is 221 Å². The molecule has 12 atom stereocenters. The molecule has 5 fully saturated rings. The van der Waals surface area contributed by atoms with Crippen molar-refractivity contribution in [2.75, 3.05) is 0 Å².